The van der Waals surface area contributed by atoms with Crippen molar-refractivity contribution in [3.05, 3.63) is 52.3 Å². The molecule has 1 aliphatic heterocycles. The minimum atomic E-state index is -4.63. The second-order valence-electron chi connectivity index (χ2n) is 7.26. The van der Waals surface area contributed by atoms with E-state index < -0.39 is 23.3 Å². The van der Waals surface area contributed by atoms with Gasteiger partial charge in [0.15, 0.2) is 5.69 Å². The van der Waals surface area contributed by atoms with Gasteiger partial charge in [-0.15, -0.1) is 0 Å². The van der Waals surface area contributed by atoms with E-state index >= 15 is 0 Å². The number of aryl methyl sites for hydroxylation is 1. The highest BCUT2D eigenvalue weighted by Crippen LogP contribution is 2.33. The first-order chi connectivity index (χ1) is 14.6. The Kier molecular flexibility index (Phi) is 8.46. The summed E-state index contributed by atoms with van der Waals surface area (Å²) in [6.45, 7) is 0.498. The van der Waals surface area contributed by atoms with Crippen LogP contribution in [0.25, 0.3) is 0 Å². The molecule has 31 heavy (non-hydrogen) atoms. The van der Waals surface area contributed by atoms with Gasteiger partial charge in [0, 0.05) is 31.2 Å². The number of carbonyl (C=O) groups excluding carboxylic acids is 1. The van der Waals surface area contributed by atoms with Crippen LogP contribution in [0.3, 0.4) is 0 Å². The summed E-state index contributed by atoms with van der Waals surface area (Å²) in [5.41, 5.74) is 5.96. The number of hydrogen-bond acceptors (Lipinski definition) is 4. The molecule has 1 aromatic carbocycles. The van der Waals surface area contributed by atoms with Crippen molar-refractivity contribution in [3.63, 3.8) is 0 Å². The van der Waals surface area contributed by atoms with Crippen molar-refractivity contribution in [2.24, 2.45) is 18.7 Å². The number of nitrogens with two attached hydrogens (primary N) is 1. The quantitative estimate of drug-likeness (QED) is 0.682. The van der Waals surface area contributed by atoms with Gasteiger partial charge in [0.25, 0.3) is 12.4 Å². The molecule has 0 aliphatic carbocycles. The van der Waals surface area contributed by atoms with Crippen molar-refractivity contribution in [2.45, 2.75) is 31.5 Å². The molecule has 1 unspecified atom stereocenters. The van der Waals surface area contributed by atoms with E-state index in [0.29, 0.717) is 42.1 Å². The van der Waals surface area contributed by atoms with Gasteiger partial charge in [0.1, 0.15) is 0 Å². The van der Waals surface area contributed by atoms with E-state index in [0.717, 1.165) is 11.8 Å². The molecule has 1 aliphatic rings. The third kappa shape index (κ3) is 6.44. The van der Waals surface area contributed by atoms with Gasteiger partial charge >= 0.3 is 6.18 Å². The fraction of sp³-hybridized carbons (Fsp3) is 0.450. The lowest BCUT2D eigenvalue weighted by Gasteiger charge is -2.35. The van der Waals surface area contributed by atoms with E-state index in [2.05, 4.69) is 5.10 Å². The number of piperidine rings is 1. The maximum atomic E-state index is 13.2. The molecular weight excluding hydrogens is 437 g/mol. The van der Waals surface area contributed by atoms with E-state index in [9.17, 15) is 18.0 Å². The zero-order valence-electron chi connectivity index (χ0n) is 16.8. The smallest absolute Gasteiger partial charge is 0.433 e. The minimum absolute atomic E-state index is 0.0974. The highest BCUT2D eigenvalue weighted by molar-refractivity contribution is 6.30. The number of rotatable bonds is 4. The molecule has 1 atom stereocenters. The van der Waals surface area contributed by atoms with Crippen LogP contribution < -0.4 is 5.73 Å². The standard InChI is InChI=1S/C19H22ClF3N4O.CH2O2/c1-26-17(19(21,22)23)15(11-25-26)18(28)27-7-5-13(6-8-27)16(24)10-12-3-2-4-14(20)9-12;2-1-3/h2-4,9,11,13,16H,5-8,10,24H2,1H3;1H,(H,2,3). The zero-order valence-corrected chi connectivity index (χ0v) is 17.6. The molecule has 0 bridgehead atoms. The molecule has 11 heteroatoms. The van der Waals surface area contributed by atoms with Crippen molar-refractivity contribution in [1.82, 2.24) is 14.7 Å². The number of carboxylic acid groups (broad SMARTS) is 1. The Morgan fingerprint density at radius 1 is 1.39 bits per heavy atom. The average Bonchev–Trinajstić information content (AvgIpc) is 3.10. The fourth-order valence-corrected chi connectivity index (χ4v) is 3.95. The number of nitrogens with zero attached hydrogens (tertiary/aromatic N) is 3. The summed E-state index contributed by atoms with van der Waals surface area (Å²) in [5.74, 6) is -0.443. The maximum Gasteiger partial charge on any atom is 0.433 e. The topological polar surface area (TPSA) is 101 Å². The SMILES string of the molecule is Cn1ncc(C(=O)N2CCC(C(N)Cc3cccc(Cl)c3)CC2)c1C(F)(F)F.O=CO. The van der Waals surface area contributed by atoms with Gasteiger partial charge in [-0.05, 0) is 42.9 Å². The van der Waals surface area contributed by atoms with Gasteiger partial charge in [0.05, 0.1) is 11.8 Å². The summed E-state index contributed by atoms with van der Waals surface area (Å²) in [5, 5.41) is 11.2. The van der Waals surface area contributed by atoms with Crippen molar-refractivity contribution in [2.75, 3.05) is 13.1 Å². The van der Waals surface area contributed by atoms with E-state index in [1.54, 1.807) is 6.07 Å². The molecular formula is C20H24ClF3N4O3. The number of hydrogen-bond donors (Lipinski definition) is 2. The number of likely N-dealkylation sites (tertiary alicyclic amines) is 1. The largest absolute Gasteiger partial charge is 0.483 e. The average molecular weight is 461 g/mol. The van der Waals surface area contributed by atoms with Crippen LogP contribution in [-0.4, -0.2) is 51.3 Å². The van der Waals surface area contributed by atoms with E-state index in [4.69, 9.17) is 27.2 Å². The van der Waals surface area contributed by atoms with Crippen LogP contribution in [0.5, 0.6) is 0 Å². The van der Waals surface area contributed by atoms with Crippen molar-refractivity contribution < 1.29 is 27.9 Å². The van der Waals surface area contributed by atoms with E-state index in [1.807, 2.05) is 18.2 Å². The first-order valence-electron chi connectivity index (χ1n) is 9.54. The van der Waals surface area contributed by atoms with Gasteiger partial charge in [0.2, 0.25) is 0 Å². The Morgan fingerprint density at radius 3 is 2.55 bits per heavy atom. The lowest BCUT2D eigenvalue weighted by molar-refractivity contribution is -0.144. The molecule has 0 spiro atoms. The molecule has 3 N–H and O–H groups in total. The van der Waals surface area contributed by atoms with Crippen LogP contribution in [0, 0.1) is 5.92 Å². The fourth-order valence-electron chi connectivity index (χ4n) is 3.73. The summed E-state index contributed by atoms with van der Waals surface area (Å²) in [6.07, 6.45) is -1.68. The monoisotopic (exact) mass is 460 g/mol. The van der Waals surface area contributed by atoms with Crippen molar-refractivity contribution in [3.8, 4) is 0 Å². The van der Waals surface area contributed by atoms with Gasteiger partial charge in [-0.1, -0.05) is 23.7 Å². The Hall–Kier alpha value is -2.59. The van der Waals surface area contributed by atoms with Gasteiger partial charge in [-0.3, -0.25) is 14.3 Å². The number of aromatic nitrogens is 2. The third-order valence-corrected chi connectivity index (χ3v) is 5.47. The Morgan fingerprint density at radius 2 is 2.00 bits per heavy atom. The highest BCUT2D eigenvalue weighted by atomic mass is 35.5. The molecule has 2 heterocycles. The van der Waals surface area contributed by atoms with Gasteiger partial charge < -0.3 is 15.7 Å². The molecule has 1 fully saturated rings. The number of carbonyl (C=O) groups is 2. The number of halogens is 4. The number of benzene rings is 1. The zero-order chi connectivity index (χ0) is 23.2. The first kappa shape index (κ1) is 24.7. The van der Waals surface area contributed by atoms with Crippen LogP contribution >= 0.6 is 11.6 Å². The molecule has 1 aromatic heterocycles. The Labute approximate surface area is 182 Å². The second kappa shape index (κ2) is 10.6. The van der Waals surface area contributed by atoms with Gasteiger partial charge in [-0.25, -0.2) is 0 Å². The van der Waals surface area contributed by atoms with Crippen molar-refractivity contribution >= 4 is 24.0 Å². The lowest BCUT2D eigenvalue weighted by Crippen LogP contribution is -2.44. The summed E-state index contributed by atoms with van der Waals surface area (Å²) < 4.78 is 40.3. The van der Waals surface area contributed by atoms with E-state index in [1.165, 1.54) is 11.9 Å². The van der Waals surface area contributed by atoms with Crippen molar-refractivity contribution in [1.29, 1.82) is 0 Å². The lowest BCUT2D eigenvalue weighted by atomic mass is 9.86. The molecule has 3 rings (SSSR count). The second-order valence-corrected chi connectivity index (χ2v) is 7.70. The third-order valence-electron chi connectivity index (χ3n) is 5.23. The summed E-state index contributed by atoms with van der Waals surface area (Å²) in [4.78, 5) is 22.4. The summed E-state index contributed by atoms with van der Waals surface area (Å²) >= 11 is 6.00. The molecule has 2 aromatic rings. The summed E-state index contributed by atoms with van der Waals surface area (Å²) in [6, 6.07) is 7.42. The first-order valence-corrected chi connectivity index (χ1v) is 9.92. The van der Waals surface area contributed by atoms with Gasteiger partial charge in [-0.2, -0.15) is 18.3 Å². The molecule has 0 radical (unpaired) electrons. The number of amides is 1. The van der Waals surface area contributed by atoms with Crippen LogP contribution in [0.2, 0.25) is 5.02 Å². The molecule has 7 nitrogen and oxygen atoms in total. The highest BCUT2D eigenvalue weighted by Gasteiger charge is 2.40. The van der Waals surface area contributed by atoms with Crippen LogP contribution in [0.15, 0.2) is 30.5 Å². The molecule has 170 valence electrons. The van der Waals surface area contributed by atoms with Crippen LogP contribution in [0.4, 0.5) is 13.2 Å². The molecule has 1 saturated heterocycles. The predicted molar refractivity (Wildman–Crippen MR) is 109 cm³/mol. The normalized spacial score (nSPS) is 15.7. The minimum Gasteiger partial charge on any atom is -0.483 e. The summed E-state index contributed by atoms with van der Waals surface area (Å²) in [7, 11) is 1.18. The Balaban J connectivity index is 0.00000107. The number of alkyl halides is 3. The van der Waals surface area contributed by atoms with Crippen LogP contribution in [-0.2, 0) is 24.4 Å². The van der Waals surface area contributed by atoms with E-state index in [-0.39, 0.29) is 18.4 Å². The molecule has 1 amide bonds. The maximum absolute atomic E-state index is 13.2. The van der Waals surface area contributed by atoms with Crippen LogP contribution in [0.1, 0.15) is 34.5 Å². The Bertz CT molecular complexity index is 896. The predicted octanol–water partition coefficient (Wildman–Crippen LogP) is 3.22. The molecule has 0 saturated carbocycles.